The minimum absolute atomic E-state index is 0.340. The van der Waals surface area contributed by atoms with Crippen molar-refractivity contribution in [2.24, 2.45) is 0 Å². The fourth-order valence-corrected chi connectivity index (χ4v) is 0.885. The smallest absolute Gasteiger partial charge is 0.126 e. The van der Waals surface area contributed by atoms with E-state index in [1.165, 1.54) is 0 Å². The van der Waals surface area contributed by atoms with Crippen molar-refractivity contribution < 1.29 is 5.11 Å². The summed E-state index contributed by atoms with van der Waals surface area (Å²) in [5, 5.41) is 12.0. The van der Waals surface area contributed by atoms with Gasteiger partial charge in [-0.25, -0.2) is 4.98 Å². The van der Waals surface area contributed by atoms with Gasteiger partial charge in [0.2, 0.25) is 0 Å². The van der Waals surface area contributed by atoms with Gasteiger partial charge >= 0.3 is 0 Å². The van der Waals surface area contributed by atoms with Crippen LogP contribution in [0.2, 0.25) is 0 Å². The fourth-order valence-electron chi connectivity index (χ4n) is 0.885. The first-order chi connectivity index (χ1) is 5.68. The zero-order valence-corrected chi connectivity index (χ0v) is 7.41. The highest BCUT2D eigenvalue weighted by Crippen LogP contribution is 2.04. The molecule has 2 N–H and O–H groups in total. The number of pyridine rings is 1. The number of aryl methyl sites for hydroxylation is 1. The van der Waals surface area contributed by atoms with Gasteiger partial charge < -0.3 is 10.4 Å². The molecule has 1 unspecified atom stereocenters. The van der Waals surface area contributed by atoms with E-state index in [2.05, 4.69) is 10.3 Å². The zero-order valence-electron chi connectivity index (χ0n) is 7.41. The van der Waals surface area contributed by atoms with Crippen LogP contribution in [0.1, 0.15) is 12.5 Å². The van der Waals surface area contributed by atoms with Crippen LogP contribution in [0.25, 0.3) is 0 Å². The van der Waals surface area contributed by atoms with Crippen LogP contribution >= 0.6 is 0 Å². The lowest BCUT2D eigenvalue weighted by Crippen LogP contribution is -2.15. The fraction of sp³-hybridized carbons (Fsp3) is 0.444. The molecular weight excluding hydrogens is 152 g/mol. The molecule has 1 aromatic heterocycles. The van der Waals surface area contributed by atoms with Crippen molar-refractivity contribution in [3.05, 3.63) is 23.9 Å². The highest BCUT2D eigenvalue weighted by molar-refractivity contribution is 5.36. The van der Waals surface area contributed by atoms with Crippen molar-refractivity contribution in [1.82, 2.24) is 4.98 Å². The highest BCUT2D eigenvalue weighted by atomic mass is 16.3. The molecule has 0 fully saturated rings. The summed E-state index contributed by atoms with van der Waals surface area (Å²) in [6.07, 6.45) is 1.41. The van der Waals surface area contributed by atoms with Gasteiger partial charge in [0.15, 0.2) is 0 Å². The van der Waals surface area contributed by atoms with Crippen LogP contribution in [0.4, 0.5) is 5.82 Å². The Morgan fingerprint density at radius 3 is 3.00 bits per heavy atom. The lowest BCUT2D eigenvalue weighted by molar-refractivity contribution is 0.208. The standard InChI is InChI=1S/C9H14N2O/c1-7-3-4-10-9(5-7)11-6-8(2)12/h3-5,8,12H,6H2,1-2H3,(H,10,11). The van der Waals surface area contributed by atoms with Gasteiger partial charge in [-0.2, -0.15) is 0 Å². The predicted molar refractivity (Wildman–Crippen MR) is 49.1 cm³/mol. The van der Waals surface area contributed by atoms with E-state index in [1.807, 2.05) is 19.1 Å². The number of nitrogens with one attached hydrogen (secondary N) is 1. The second-order valence-electron chi connectivity index (χ2n) is 2.95. The van der Waals surface area contributed by atoms with E-state index in [9.17, 15) is 0 Å². The molecule has 0 aliphatic carbocycles. The molecule has 0 aliphatic rings. The van der Waals surface area contributed by atoms with Crippen LogP contribution in [0.15, 0.2) is 18.3 Å². The summed E-state index contributed by atoms with van der Waals surface area (Å²) in [6, 6.07) is 3.88. The normalized spacial score (nSPS) is 12.6. The summed E-state index contributed by atoms with van der Waals surface area (Å²) in [7, 11) is 0. The molecule has 0 radical (unpaired) electrons. The Bertz CT molecular complexity index is 248. The first-order valence-electron chi connectivity index (χ1n) is 4.03. The predicted octanol–water partition coefficient (Wildman–Crippen LogP) is 1.18. The van der Waals surface area contributed by atoms with Gasteiger partial charge in [0, 0.05) is 12.7 Å². The van der Waals surface area contributed by atoms with Crippen LogP contribution in [-0.2, 0) is 0 Å². The first kappa shape index (κ1) is 9.00. The molecular formula is C9H14N2O. The Kier molecular flexibility index (Phi) is 3.05. The lowest BCUT2D eigenvalue weighted by atomic mass is 10.3. The molecule has 1 heterocycles. The SMILES string of the molecule is Cc1ccnc(NCC(C)O)c1. The van der Waals surface area contributed by atoms with Crippen molar-refractivity contribution in [1.29, 1.82) is 0 Å². The molecule has 1 aromatic rings. The number of aliphatic hydroxyl groups excluding tert-OH is 1. The number of nitrogens with zero attached hydrogens (tertiary/aromatic N) is 1. The second kappa shape index (κ2) is 4.07. The molecule has 0 bridgehead atoms. The molecule has 0 aliphatic heterocycles. The van der Waals surface area contributed by atoms with Crippen molar-refractivity contribution in [3.63, 3.8) is 0 Å². The summed E-state index contributed by atoms with van der Waals surface area (Å²) >= 11 is 0. The molecule has 66 valence electrons. The number of hydrogen-bond acceptors (Lipinski definition) is 3. The van der Waals surface area contributed by atoms with Gasteiger partial charge in [-0.3, -0.25) is 0 Å². The molecule has 0 saturated heterocycles. The van der Waals surface area contributed by atoms with Crippen molar-refractivity contribution in [2.45, 2.75) is 20.0 Å². The van der Waals surface area contributed by atoms with Gasteiger partial charge in [0.05, 0.1) is 6.10 Å². The molecule has 0 aromatic carbocycles. The van der Waals surface area contributed by atoms with E-state index < -0.39 is 0 Å². The van der Waals surface area contributed by atoms with Crippen molar-refractivity contribution >= 4 is 5.82 Å². The third-order valence-corrected chi connectivity index (χ3v) is 1.49. The highest BCUT2D eigenvalue weighted by Gasteiger charge is 1.96. The minimum atomic E-state index is -0.340. The molecule has 0 spiro atoms. The van der Waals surface area contributed by atoms with E-state index >= 15 is 0 Å². The molecule has 3 heteroatoms. The molecule has 1 atom stereocenters. The van der Waals surface area contributed by atoms with Crippen LogP contribution < -0.4 is 5.32 Å². The van der Waals surface area contributed by atoms with Crippen LogP contribution in [-0.4, -0.2) is 22.7 Å². The van der Waals surface area contributed by atoms with Gasteiger partial charge in [0.1, 0.15) is 5.82 Å². The molecule has 0 saturated carbocycles. The topological polar surface area (TPSA) is 45.2 Å². The average Bonchev–Trinajstić information content (AvgIpc) is 2.01. The van der Waals surface area contributed by atoms with Gasteiger partial charge in [-0.15, -0.1) is 0 Å². The number of aromatic nitrogens is 1. The van der Waals surface area contributed by atoms with Gasteiger partial charge in [-0.1, -0.05) is 0 Å². The van der Waals surface area contributed by atoms with Gasteiger partial charge in [-0.05, 0) is 31.5 Å². The summed E-state index contributed by atoms with van der Waals surface area (Å²) < 4.78 is 0. The second-order valence-corrected chi connectivity index (χ2v) is 2.95. The molecule has 3 nitrogen and oxygen atoms in total. The van der Waals surface area contributed by atoms with E-state index in [1.54, 1.807) is 13.1 Å². The molecule has 1 rings (SSSR count). The Morgan fingerprint density at radius 2 is 2.42 bits per heavy atom. The van der Waals surface area contributed by atoms with Crippen molar-refractivity contribution in [2.75, 3.05) is 11.9 Å². The van der Waals surface area contributed by atoms with Crippen LogP contribution in [0.3, 0.4) is 0 Å². The zero-order chi connectivity index (χ0) is 8.97. The first-order valence-corrected chi connectivity index (χ1v) is 4.03. The van der Waals surface area contributed by atoms with Gasteiger partial charge in [0.25, 0.3) is 0 Å². The summed E-state index contributed by atoms with van der Waals surface area (Å²) in [4.78, 5) is 4.09. The average molecular weight is 166 g/mol. The third kappa shape index (κ3) is 2.88. The Morgan fingerprint density at radius 1 is 1.67 bits per heavy atom. The lowest BCUT2D eigenvalue weighted by Gasteiger charge is -2.07. The number of rotatable bonds is 3. The van der Waals surface area contributed by atoms with E-state index in [0.717, 1.165) is 11.4 Å². The minimum Gasteiger partial charge on any atom is -0.392 e. The summed E-state index contributed by atoms with van der Waals surface area (Å²) in [6.45, 7) is 4.29. The van der Waals surface area contributed by atoms with E-state index in [-0.39, 0.29) is 6.10 Å². The Labute approximate surface area is 72.5 Å². The summed E-state index contributed by atoms with van der Waals surface area (Å²) in [5.41, 5.74) is 1.16. The van der Waals surface area contributed by atoms with Crippen molar-refractivity contribution in [3.8, 4) is 0 Å². The monoisotopic (exact) mass is 166 g/mol. The summed E-state index contributed by atoms with van der Waals surface area (Å²) in [5.74, 6) is 0.816. The number of aliphatic hydroxyl groups is 1. The maximum Gasteiger partial charge on any atom is 0.126 e. The molecule has 12 heavy (non-hydrogen) atoms. The maximum atomic E-state index is 8.99. The van der Waals surface area contributed by atoms with Crippen LogP contribution in [0, 0.1) is 6.92 Å². The number of anilines is 1. The Hall–Kier alpha value is -1.09. The quantitative estimate of drug-likeness (QED) is 0.708. The third-order valence-electron chi connectivity index (χ3n) is 1.49. The van der Waals surface area contributed by atoms with E-state index in [4.69, 9.17) is 5.11 Å². The molecule has 0 amide bonds. The maximum absolute atomic E-state index is 8.99. The largest absolute Gasteiger partial charge is 0.392 e. The van der Waals surface area contributed by atoms with Crippen LogP contribution in [0.5, 0.6) is 0 Å². The Balaban J connectivity index is 2.52. The number of hydrogen-bond donors (Lipinski definition) is 2. The van der Waals surface area contributed by atoms with E-state index in [0.29, 0.717) is 6.54 Å².